The highest BCUT2D eigenvalue weighted by atomic mass is 31.2. The van der Waals surface area contributed by atoms with E-state index in [0.717, 1.165) is 58.2 Å². The molecule has 0 heterocycles. The SMILES string of the molecule is CCCCCC[N+](CC)(CC)C(=O)CP(=O)(OCCCC)OCCCC. The van der Waals surface area contributed by atoms with Crippen LogP contribution in [0.1, 0.15) is 86.0 Å². The third kappa shape index (κ3) is 9.64. The van der Waals surface area contributed by atoms with E-state index in [1.165, 1.54) is 12.8 Å². The van der Waals surface area contributed by atoms with Crippen molar-refractivity contribution in [2.45, 2.75) is 86.0 Å². The number of quaternary nitrogens is 1. The van der Waals surface area contributed by atoms with Gasteiger partial charge in [0.1, 0.15) is 0 Å². The molecule has 0 aliphatic carbocycles. The van der Waals surface area contributed by atoms with Crippen LogP contribution in [0.2, 0.25) is 0 Å². The van der Waals surface area contributed by atoms with Crippen LogP contribution in [0.3, 0.4) is 0 Å². The summed E-state index contributed by atoms with van der Waals surface area (Å²) >= 11 is 0. The van der Waals surface area contributed by atoms with E-state index in [1.54, 1.807) is 0 Å². The molecule has 156 valence electrons. The Labute approximate surface area is 161 Å². The van der Waals surface area contributed by atoms with E-state index in [2.05, 4.69) is 20.8 Å². The topological polar surface area (TPSA) is 52.6 Å². The predicted molar refractivity (Wildman–Crippen MR) is 110 cm³/mol. The van der Waals surface area contributed by atoms with Gasteiger partial charge in [-0.3, -0.25) is 9.05 Å². The Morgan fingerprint density at radius 1 is 0.769 bits per heavy atom. The van der Waals surface area contributed by atoms with E-state index < -0.39 is 7.60 Å². The Balaban J connectivity index is 5.02. The van der Waals surface area contributed by atoms with Crippen LogP contribution in [0, 0.1) is 0 Å². The molecule has 0 fully saturated rings. The fourth-order valence-corrected chi connectivity index (χ4v) is 4.70. The monoisotopic (exact) mass is 392 g/mol. The molecule has 0 unspecified atom stereocenters. The van der Waals surface area contributed by atoms with E-state index in [1.807, 2.05) is 13.8 Å². The molecule has 6 heteroatoms. The molecule has 0 atom stereocenters. The molecule has 0 aromatic carbocycles. The van der Waals surface area contributed by atoms with Crippen LogP contribution in [0.15, 0.2) is 0 Å². The summed E-state index contributed by atoms with van der Waals surface area (Å²) in [6.07, 6.45) is 8.02. The van der Waals surface area contributed by atoms with Crippen LogP contribution in [0.4, 0.5) is 0 Å². The van der Waals surface area contributed by atoms with Gasteiger partial charge in [0.2, 0.25) is 0 Å². The molecular weight excluding hydrogens is 349 g/mol. The van der Waals surface area contributed by atoms with Gasteiger partial charge in [-0.05, 0) is 39.5 Å². The highest BCUT2D eigenvalue weighted by molar-refractivity contribution is 7.54. The third-order valence-corrected chi connectivity index (χ3v) is 6.89. The third-order valence-electron chi connectivity index (χ3n) is 5.08. The van der Waals surface area contributed by atoms with Gasteiger partial charge in [-0.25, -0.2) is 4.79 Å². The van der Waals surface area contributed by atoms with Crippen LogP contribution < -0.4 is 0 Å². The van der Waals surface area contributed by atoms with E-state index in [-0.39, 0.29) is 12.1 Å². The average molecular weight is 393 g/mol. The minimum atomic E-state index is -3.37. The van der Waals surface area contributed by atoms with Crippen molar-refractivity contribution in [3.63, 3.8) is 0 Å². The molecule has 0 N–H and O–H groups in total. The minimum Gasteiger partial charge on any atom is -0.308 e. The van der Waals surface area contributed by atoms with Crippen molar-refractivity contribution in [2.75, 3.05) is 39.0 Å². The minimum absolute atomic E-state index is 0.00262. The van der Waals surface area contributed by atoms with Gasteiger partial charge in [-0.2, -0.15) is 0 Å². The molecule has 0 aromatic heterocycles. The van der Waals surface area contributed by atoms with Crippen molar-refractivity contribution in [3.8, 4) is 0 Å². The van der Waals surface area contributed by atoms with E-state index in [9.17, 15) is 9.36 Å². The lowest BCUT2D eigenvalue weighted by molar-refractivity contribution is -0.850. The van der Waals surface area contributed by atoms with Crippen molar-refractivity contribution in [2.24, 2.45) is 0 Å². The maximum Gasteiger partial charge on any atom is 0.344 e. The summed E-state index contributed by atoms with van der Waals surface area (Å²) in [5, 5.41) is 0. The van der Waals surface area contributed by atoms with Gasteiger partial charge in [0.15, 0.2) is 6.16 Å². The highest BCUT2D eigenvalue weighted by Gasteiger charge is 2.40. The fourth-order valence-electron chi connectivity index (χ4n) is 3.00. The lowest BCUT2D eigenvalue weighted by Crippen LogP contribution is -2.54. The van der Waals surface area contributed by atoms with Crippen LogP contribution in [-0.2, 0) is 18.4 Å². The molecule has 0 radical (unpaired) electrons. The Bertz CT molecular complexity index is 397. The van der Waals surface area contributed by atoms with Crippen molar-refractivity contribution in [3.05, 3.63) is 0 Å². The number of amides is 1. The summed E-state index contributed by atoms with van der Waals surface area (Å²) in [6.45, 7) is 13.4. The first-order valence-electron chi connectivity index (χ1n) is 10.7. The van der Waals surface area contributed by atoms with Crippen LogP contribution >= 0.6 is 7.60 Å². The first kappa shape index (κ1) is 25.8. The molecule has 0 aliphatic heterocycles. The first-order valence-corrected chi connectivity index (χ1v) is 12.4. The van der Waals surface area contributed by atoms with Gasteiger partial charge in [0, 0.05) is 0 Å². The van der Waals surface area contributed by atoms with Crippen molar-refractivity contribution in [1.29, 1.82) is 0 Å². The van der Waals surface area contributed by atoms with Gasteiger partial charge < -0.3 is 9.05 Å². The van der Waals surface area contributed by atoms with E-state index in [4.69, 9.17) is 9.05 Å². The summed E-state index contributed by atoms with van der Waals surface area (Å²) in [7, 11) is -3.37. The smallest absolute Gasteiger partial charge is 0.308 e. The Morgan fingerprint density at radius 3 is 1.69 bits per heavy atom. The summed E-state index contributed by atoms with van der Waals surface area (Å²) in [4.78, 5) is 13.1. The Morgan fingerprint density at radius 2 is 1.27 bits per heavy atom. The quantitative estimate of drug-likeness (QED) is 0.179. The normalized spacial score (nSPS) is 12.5. The zero-order valence-electron chi connectivity index (χ0n) is 17.9. The molecule has 0 aliphatic rings. The van der Waals surface area contributed by atoms with E-state index >= 15 is 0 Å². The Hall–Kier alpha value is -0.220. The van der Waals surface area contributed by atoms with Gasteiger partial charge in [0.05, 0.1) is 32.8 Å². The standard InChI is InChI=1S/C20H43NO4P/c1-6-11-14-15-16-21(9-4,10-5)20(22)19-26(23,24-17-12-7-2)25-18-13-8-3/h6-19H2,1-5H3/q+1. The number of rotatable bonds is 17. The molecule has 5 nitrogen and oxygen atoms in total. The molecule has 26 heavy (non-hydrogen) atoms. The number of nitrogens with zero attached hydrogens (tertiary/aromatic N) is 1. The molecule has 0 saturated heterocycles. The highest BCUT2D eigenvalue weighted by Crippen LogP contribution is 2.49. The second kappa shape index (κ2) is 14.8. The number of carbonyl (C=O) groups excluding carboxylic acids is 1. The number of hydrogen-bond acceptors (Lipinski definition) is 4. The maximum absolute atomic E-state index is 13.2. The molecule has 0 spiro atoms. The summed E-state index contributed by atoms with van der Waals surface area (Å²) in [6, 6.07) is 0. The fraction of sp³-hybridized carbons (Fsp3) is 0.950. The second-order valence-electron chi connectivity index (χ2n) is 7.10. The van der Waals surface area contributed by atoms with Crippen molar-refractivity contribution >= 4 is 13.5 Å². The zero-order chi connectivity index (χ0) is 19.9. The number of hydrogen-bond donors (Lipinski definition) is 0. The van der Waals surface area contributed by atoms with Crippen LogP contribution in [0.5, 0.6) is 0 Å². The average Bonchev–Trinajstić information content (AvgIpc) is 2.62. The summed E-state index contributed by atoms with van der Waals surface area (Å²) in [5.74, 6) is 0.00262. The van der Waals surface area contributed by atoms with Crippen molar-refractivity contribution < 1.29 is 22.9 Å². The maximum atomic E-state index is 13.2. The van der Waals surface area contributed by atoms with Gasteiger partial charge in [0.25, 0.3) is 0 Å². The molecular formula is C20H43NO4P+. The molecule has 0 bridgehead atoms. The van der Waals surface area contributed by atoms with Gasteiger partial charge >= 0.3 is 13.5 Å². The van der Waals surface area contributed by atoms with Gasteiger partial charge in [-0.1, -0.05) is 46.5 Å². The summed E-state index contributed by atoms with van der Waals surface area (Å²) < 4.78 is 24.8. The number of carbonyl (C=O) groups is 1. The predicted octanol–water partition coefficient (Wildman–Crippen LogP) is 5.78. The lowest BCUT2D eigenvalue weighted by Gasteiger charge is -2.35. The number of unbranched alkanes of at least 4 members (excludes halogenated alkanes) is 5. The largest absolute Gasteiger partial charge is 0.344 e. The molecule has 1 amide bonds. The van der Waals surface area contributed by atoms with Crippen LogP contribution in [-0.4, -0.2) is 49.4 Å². The molecule has 0 rings (SSSR count). The Kier molecular flexibility index (Phi) is 14.7. The second-order valence-corrected chi connectivity index (χ2v) is 9.15. The lowest BCUT2D eigenvalue weighted by atomic mass is 10.1. The molecule has 0 saturated carbocycles. The van der Waals surface area contributed by atoms with Crippen molar-refractivity contribution in [1.82, 2.24) is 0 Å². The van der Waals surface area contributed by atoms with Crippen LogP contribution in [0.25, 0.3) is 0 Å². The van der Waals surface area contributed by atoms with E-state index in [0.29, 0.717) is 17.7 Å². The van der Waals surface area contributed by atoms with Gasteiger partial charge in [-0.15, -0.1) is 0 Å². The zero-order valence-corrected chi connectivity index (χ0v) is 18.8. The molecule has 0 aromatic rings. The summed E-state index contributed by atoms with van der Waals surface area (Å²) in [5.41, 5.74) is 0. The first-order chi connectivity index (χ1) is 12.4.